The lowest BCUT2D eigenvalue weighted by molar-refractivity contribution is -0.301. The van der Waals surface area contributed by atoms with Gasteiger partial charge in [-0.2, -0.15) is 18.3 Å². The van der Waals surface area contributed by atoms with Gasteiger partial charge in [0.1, 0.15) is 5.82 Å². The van der Waals surface area contributed by atoms with Gasteiger partial charge in [0.05, 0.1) is 29.8 Å². The molecule has 2 fully saturated rings. The summed E-state index contributed by atoms with van der Waals surface area (Å²) in [6, 6.07) is 19.0. The highest BCUT2D eigenvalue weighted by Crippen LogP contribution is 2.57. The maximum Gasteiger partial charge on any atom is 0.417 e. The zero-order chi connectivity index (χ0) is 31.5. The van der Waals surface area contributed by atoms with Gasteiger partial charge in [0, 0.05) is 23.9 Å². The van der Waals surface area contributed by atoms with Crippen molar-refractivity contribution in [2.45, 2.75) is 68.7 Å². The summed E-state index contributed by atoms with van der Waals surface area (Å²) in [7, 11) is -3.51. The van der Waals surface area contributed by atoms with Crippen molar-refractivity contribution in [3.63, 3.8) is 0 Å². The summed E-state index contributed by atoms with van der Waals surface area (Å²) in [5.74, 6) is -0.754. The van der Waals surface area contributed by atoms with E-state index in [1.807, 2.05) is 18.2 Å². The Hall–Kier alpha value is -3.28. The summed E-state index contributed by atoms with van der Waals surface area (Å²) in [6.45, 7) is 0.364. The maximum atomic E-state index is 15.0. The number of benzene rings is 3. The molecule has 0 amide bonds. The number of nitrogens with zero attached hydrogens (tertiary/aromatic N) is 3. The van der Waals surface area contributed by atoms with E-state index in [0.29, 0.717) is 43.5 Å². The quantitative estimate of drug-likeness (QED) is 0.211. The van der Waals surface area contributed by atoms with E-state index in [0.717, 1.165) is 22.0 Å². The SMILES string of the molecule is O=S1(=O)CCCN1C[C@@]12CC[C@](OCc3ccccc3)(C(F)(F)F)C[C@H]1CCCc1cc3c(cnn3-c3ccc(F)cc3)cc12. The topological polar surface area (TPSA) is 64.4 Å². The van der Waals surface area contributed by atoms with Gasteiger partial charge in [-0.25, -0.2) is 21.8 Å². The van der Waals surface area contributed by atoms with Crippen LogP contribution >= 0.6 is 0 Å². The highest BCUT2D eigenvalue weighted by Gasteiger charge is 2.63. The number of aryl methyl sites for hydroxylation is 1. The minimum Gasteiger partial charge on any atom is -0.361 e. The molecule has 2 heterocycles. The molecule has 1 saturated heterocycles. The van der Waals surface area contributed by atoms with Crippen LogP contribution in [-0.4, -0.2) is 53.1 Å². The van der Waals surface area contributed by atoms with E-state index in [1.54, 1.807) is 47.3 Å². The highest BCUT2D eigenvalue weighted by atomic mass is 32.2. The molecule has 4 aromatic rings. The van der Waals surface area contributed by atoms with Gasteiger partial charge < -0.3 is 4.74 Å². The molecule has 238 valence electrons. The smallest absolute Gasteiger partial charge is 0.361 e. The molecule has 6 nitrogen and oxygen atoms in total. The van der Waals surface area contributed by atoms with E-state index in [2.05, 4.69) is 5.10 Å². The van der Waals surface area contributed by atoms with Crippen LogP contribution in [0.25, 0.3) is 16.6 Å². The fourth-order valence-electron chi connectivity index (χ4n) is 7.92. The number of aromatic nitrogens is 2. The van der Waals surface area contributed by atoms with Crippen LogP contribution in [0, 0.1) is 11.7 Å². The molecule has 0 spiro atoms. The minimum atomic E-state index is -4.59. The Morgan fingerprint density at radius 3 is 2.49 bits per heavy atom. The molecular formula is C34H35F4N3O3S. The predicted octanol–water partition coefficient (Wildman–Crippen LogP) is 7.09. The second kappa shape index (κ2) is 11.2. The summed E-state index contributed by atoms with van der Waals surface area (Å²) in [5.41, 5.74) is 0.942. The molecule has 2 aliphatic carbocycles. The third kappa shape index (κ3) is 5.36. The van der Waals surface area contributed by atoms with E-state index in [9.17, 15) is 12.8 Å². The van der Waals surface area contributed by atoms with Crippen LogP contribution in [0.1, 0.15) is 55.2 Å². The first-order valence-electron chi connectivity index (χ1n) is 15.5. The van der Waals surface area contributed by atoms with Gasteiger partial charge >= 0.3 is 6.18 Å². The van der Waals surface area contributed by atoms with E-state index < -0.39 is 33.1 Å². The Balaban J connectivity index is 1.32. The molecule has 3 aromatic carbocycles. The van der Waals surface area contributed by atoms with Crippen molar-refractivity contribution in [3.8, 4) is 5.69 Å². The molecule has 0 radical (unpaired) electrons. The van der Waals surface area contributed by atoms with Crippen LogP contribution in [0.15, 0.2) is 72.9 Å². The Labute approximate surface area is 260 Å². The van der Waals surface area contributed by atoms with Crippen molar-refractivity contribution in [1.29, 1.82) is 0 Å². The largest absolute Gasteiger partial charge is 0.417 e. The van der Waals surface area contributed by atoms with E-state index in [-0.39, 0.29) is 44.0 Å². The van der Waals surface area contributed by atoms with Gasteiger partial charge in [-0.1, -0.05) is 30.3 Å². The number of halogens is 4. The van der Waals surface area contributed by atoms with E-state index >= 15 is 13.2 Å². The molecule has 0 bridgehead atoms. The van der Waals surface area contributed by atoms with Crippen LogP contribution in [0.4, 0.5) is 17.6 Å². The lowest BCUT2D eigenvalue weighted by Gasteiger charge is -2.53. The summed E-state index contributed by atoms with van der Waals surface area (Å²) in [6.07, 6.45) is -0.897. The molecule has 45 heavy (non-hydrogen) atoms. The van der Waals surface area contributed by atoms with Crippen LogP contribution < -0.4 is 0 Å². The van der Waals surface area contributed by atoms with Crippen molar-refractivity contribution in [1.82, 2.24) is 14.1 Å². The molecule has 3 aliphatic rings. The lowest BCUT2D eigenvalue weighted by atomic mass is 9.57. The fraction of sp³-hybridized carbons (Fsp3) is 0.441. The molecule has 1 aliphatic heterocycles. The Bertz CT molecular complexity index is 1810. The lowest BCUT2D eigenvalue weighted by Crippen LogP contribution is -2.59. The van der Waals surface area contributed by atoms with E-state index in [4.69, 9.17) is 4.74 Å². The summed E-state index contributed by atoms with van der Waals surface area (Å²) < 4.78 is 94.2. The normalized spacial score (nSPS) is 26.8. The molecule has 11 heteroatoms. The fourth-order valence-corrected chi connectivity index (χ4v) is 9.50. The monoisotopic (exact) mass is 641 g/mol. The summed E-state index contributed by atoms with van der Waals surface area (Å²) in [4.78, 5) is 0. The van der Waals surface area contributed by atoms with Crippen LogP contribution in [0.5, 0.6) is 0 Å². The average molecular weight is 642 g/mol. The van der Waals surface area contributed by atoms with Gasteiger partial charge in [-0.05, 0) is 104 Å². The average Bonchev–Trinajstić information content (AvgIpc) is 3.53. The minimum absolute atomic E-state index is 0.0523. The first-order valence-corrected chi connectivity index (χ1v) is 17.1. The van der Waals surface area contributed by atoms with Crippen LogP contribution in [-0.2, 0) is 33.2 Å². The number of ether oxygens (including phenoxy) is 1. The Kier molecular flexibility index (Phi) is 7.56. The second-order valence-corrected chi connectivity index (χ2v) is 14.9. The van der Waals surface area contributed by atoms with Gasteiger partial charge in [-0.3, -0.25) is 0 Å². The predicted molar refractivity (Wildman–Crippen MR) is 163 cm³/mol. The van der Waals surface area contributed by atoms with Crippen LogP contribution in [0.3, 0.4) is 0 Å². The number of rotatable bonds is 6. The van der Waals surface area contributed by atoms with Crippen molar-refractivity contribution in [3.05, 3.63) is 95.4 Å². The van der Waals surface area contributed by atoms with Crippen LogP contribution in [0.2, 0.25) is 0 Å². The first-order chi connectivity index (χ1) is 21.5. The maximum absolute atomic E-state index is 15.0. The number of hydrogen-bond acceptors (Lipinski definition) is 4. The van der Waals surface area contributed by atoms with Crippen molar-refractivity contribution < 1.29 is 30.7 Å². The second-order valence-electron chi connectivity index (χ2n) is 12.8. The third-order valence-corrected chi connectivity index (χ3v) is 12.2. The van der Waals surface area contributed by atoms with Gasteiger partial charge in [0.25, 0.3) is 0 Å². The highest BCUT2D eigenvalue weighted by molar-refractivity contribution is 7.89. The summed E-state index contributed by atoms with van der Waals surface area (Å²) >= 11 is 0. The molecule has 0 N–H and O–H groups in total. The van der Waals surface area contributed by atoms with Gasteiger partial charge in [0.2, 0.25) is 10.0 Å². The number of hydrogen-bond donors (Lipinski definition) is 0. The third-order valence-electron chi connectivity index (χ3n) is 10.3. The van der Waals surface area contributed by atoms with Crippen molar-refractivity contribution >= 4 is 20.9 Å². The molecule has 7 rings (SSSR count). The first kappa shape index (κ1) is 30.4. The number of sulfonamides is 1. The molecule has 3 atom stereocenters. The zero-order valence-corrected chi connectivity index (χ0v) is 25.6. The molecule has 0 unspecified atom stereocenters. The Morgan fingerprint density at radius 1 is 1.00 bits per heavy atom. The number of alkyl halides is 3. The molecular weight excluding hydrogens is 606 g/mol. The van der Waals surface area contributed by atoms with Gasteiger partial charge in [0.15, 0.2) is 5.60 Å². The van der Waals surface area contributed by atoms with E-state index in [1.165, 1.54) is 16.4 Å². The zero-order valence-electron chi connectivity index (χ0n) is 24.8. The van der Waals surface area contributed by atoms with Crippen molar-refractivity contribution in [2.24, 2.45) is 5.92 Å². The standard InChI is InChI=1S/C34H35F4N3O3S/c35-28-10-12-29(13-11-28)41-31-19-25-8-4-9-27-20-33(34(36,37)38,44-22-24-6-2-1-3-7-24)15-14-32(27,30(25)18-26(31)21-39-41)23-40-16-5-17-45(40,42)43/h1-3,6-7,10-13,18-19,21,27H,4-5,8-9,14-17,20,22-23H2/t27-,32+,33-/m1/s1. The summed E-state index contributed by atoms with van der Waals surface area (Å²) in [5, 5.41) is 5.37. The Morgan fingerprint density at radius 2 is 1.78 bits per heavy atom. The number of fused-ring (bicyclic) bond motifs is 4. The van der Waals surface area contributed by atoms with Gasteiger partial charge in [-0.15, -0.1) is 0 Å². The van der Waals surface area contributed by atoms with Crippen molar-refractivity contribution in [2.75, 3.05) is 18.8 Å². The molecule has 1 saturated carbocycles. The molecule has 1 aromatic heterocycles.